The first-order valence-corrected chi connectivity index (χ1v) is 47.2. The number of carbonyl (C=O) groups is 13. The van der Waals surface area contributed by atoms with Crippen molar-refractivity contribution in [1.29, 1.82) is 0 Å². The van der Waals surface area contributed by atoms with E-state index < -0.39 is 156 Å². The quantitative estimate of drug-likeness (QED) is 0.0335. The van der Waals surface area contributed by atoms with Gasteiger partial charge in [-0.15, -0.1) is 0 Å². The summed E-state index contributed by atoms with van der Waals surface area (Å²) in [7, 11) is 6.07. The lowest BCUT2D eigenvalue weighted by molar-refractivity contribution is -0.157. The van der Waals surface area contributed by atoms with Crippen molar-refractivity contribution in [1.82, 2.24) is 56.8 Å². The van der Waals surface area contributed by atoms with Gasteiger partial charge in [0.05, 0.1) is 168 Å². The van der Waals surface area contributed by atoms with Crippen LogP contribution in [-0.2, 0) is 126 Å². The van der Waals surface area contributed by atoms with Crippen LogP contribution >= 0.6 is 0 Å². The number of hydrogen-bond donors (Lipinski definition) is 10. The molecule has 0 bridgehead atoms. The predicted octanol–water partition coefficient (Wildman–Crippen LogP) is 3.35. The molecule has 40 nitrogen and oxygen atoms in total. The molecule has 2 saturated heterocycles. The number of rotatable bonds is 72. The van der Waals surface area contributed by atoms with Gasteiger partial charge in [-0.3, -0.25) is 57.6 Å². The summed E-state index contributed by atoms with van der Waals surface area (Å²) in [5, 5.41) is 29.7. The molecule has 0 unspecified atom stereocenters. The highest BCUT2D eigenvalue weighted by molar-refractivity contribution is 5.96. The van der Waals surface area contributed by atoms with Gasteiger partial charge in [-0.05, 0) is 86.7 Å². The highest BCUT2D eigenvalue weighted by Crippen LogP contribution is 2.32. The number of carbonyl (C=O) groups excluding carboxylic acids is 12. The zero-order valence-electron chi connectivity index (χ0n) is 81.5. The second-order valence-electron chi connectivity index (χ2n) is 34.5. The SMILES string of the molecule is CC[C@H](C)[C@@H]([C@@H](CC(=O)N1CCC[C@H]1[C@H](OC)[C@@H](C)C(=O)N[C@H](C)[C@@H](OC(=O)[C@@H](NC(=O)[C@@H]1CCCN1C(=O)[C@H](CC(=O)O)NC(=O)CCOCCOCCOCCNC(=O)[C@H](CCCCNC(=O)CCOCCOCCOCCN)NC(=O)CCOCCOCCOCCN)C(C)C)c1ccccc1)OC)N(C)C(=O)[C@@H](NC(=O)[C@H](C(C)C)N(C)C(=O)OCc1ccccc1)C(C)C. The maximum atomic E-state index is 14.9. The summed E-state index contributed by atoms with van der Waals surface area (Å²) < 4.78 is 73.4. The van der Waals surface area contributed by atoms with Gasteiger partial charge in [-0.1, -0.05) is 129 Å². The number of unbranched alkanes of at least 4 members (excludes halogenated alkanes) is 1. The van der Waals surface area contributed by atoms with Gasteiger partial charge in [0.1, 0.15) is 49.0 Å². The fraction of sp³-hybridized carbons (Fsp3) is 0.734. The number of carboxylic acids is 1. The number of carboxylic acid groups (broad SMARTS) is 1. The van der Waals surface area contributed by atoms with E-state index in [0.29, 0.717) is 136 Å². The van der Waals surface area contributed by atoms with Crippen LogP contribution in [0.5, 0.6) is 0 Å². The number of ether oxygens (including phenoxy) is 13. The number of nitrogens with two attached hydrogens (primary N) is 2. The second-order valence-corrected chi connectivity index (χ2v) is 34.5. The number of amides is 11. The first kappa shape index (κ1) is 117. The molecule has 11 amide bonds. The molecule has 12 N–H and O–H groups in total. The molecule has 40 heteroatoms. The highest BCUT2D eigenvalue weighted by Gasteiger charge is 2.46. The Balaban J connectivity index is 1.28. The van der Waals surface area contributed by atoms with Crippen molar-refractivity contribution in [2.45, 2.75) is 232 Å². The third-order valence-electron chi connectivity index (χ3n) is 23.2. The van der Waals surface area contributed by atoms with E-state index in [1.54, 1.807) is 88.7 Å². The number of likely N-dealkylation sites (tertiary alicyclic amines) is 2. The molecule has 4 rings (SSSR count). The van der Waals surface area contributed by atoms with Crippen LogP contribution < -0.4 is 48.7 Å². The monoisotopic (exact) mass is 1900 g/mol. The number of nitrogens with zero attached hydrogens (tertiary/aromatic N) is 4. The second kappa shape index (κ2) is 67.1. The summed E-state index contributed by atoms with van der Waals surface area (Å²) in [6.07, 6.45) is -1.08. The summed E-state index contributed by atoms with van der Waals surface area (Å²) in [6, 6.07) is 8.73. The first-order chi connectivity index (χ1) is 64.3. The standard InChI is InChI=1S/C94H157N13O27/c1-15-66(8)84(104(11)92(119)81(63(2)3)102-90(117)83(65(6)7)105(12)94(121)133-62-69-26-18-16-19-27-69)75(122-13)61-79(111)106-40-24-31-73(106)85(123-14)67(9)87(114)99-68(10)86(70-28-20-17-21-29-70)134-93(120)82(64(4)5)103-89(116)74-32-25-41-107(74)91(118)72(60-80(112)113)101-78(110)35-44-126-50-56-132-59-53-129-47-39-98-88(115)71(100-77(109)34-43-125-49-55-131-58-52-128-46-37-96)30-22-23-38-97-76(108)33-42-124-48-54-130-57-51-127-45-36-95/h16-21,26-29,63-68,71-75,81-86H,15,22-25,30-62,95-96H2,1-14H3,(H,97,108)(H,98,115)(H,99,114)(H,100,109)(H,101,110)(H,102,117)(H,103,116)(H,112,113)/t66-,67+,68+,71-,72-,73-,74-,75+,81-,82-,83-,84-,85+,86+/m0/s1. The zero-order chi connectivity index (χ0) is 98.9. The predicted molar refractivity (Wildman–Crippen MR) is 496 cm³/mol. The van der Waals surface area contributed by atoms with Crippen LogP contribution in [0.4, 0.5) is 4.79 Å². The molecule has 2 aliphatic rings. The number of benzene rings is 2. The van der Waals surface area contributed by atoms with E-state index in [4.69, 9.17) is 73.0 Å². The van der Waals surface area contributed by atoms with Crippen LogP contribution in [0.2, 0.25) is 0 Å². The van der Waals surface area contributed by atoms with Gasteiger partial charge in [0.2, 0.25) is 59.1 Å². The topological polar surface area (TPSA) is 511 Å². The van der Waals surface area contributed by atoms with E-state index in [0.717, 1.165) is 5.56 Å². The number of esters is 1. The maximum absolute atomic E-state index is 14.9. The van der Waals surface area contributed by atoms with E-state index in [-0.39, 0.29) is 141 Å². The lowest BCUT2D eigenvalue weighted by atomic mass is 9.89. The van der Waals surface area contributed by atoms with E-state index in [2.05, 4.69) is 37.2 Å². The van der Waals surface area contributed by atoms with Crippen LogP contribution in [0.3, 0.4) is 0 Å². The molecule has 0 saturated carbocycles. The first-order valence-electron chi connectivity index (χ1n) is 47.2. The molecule has 134 heavy (non-hydrogen) atoms. The molecule has 2 aliphatic heterocycles. The molecular formula is C94H157N13O27. The minimum Gasteiger partial charge on any atom is -0.481 e. The van der Waals surface area contributed by atoms with Gasteiger partial charge < -0.3 is 130 Å². The molecule has 0 spiro atoms. The minimum absolute atomic E-state index is 0.000699. The maximum Gasteiger partial charge on any atom is 0.410 e. The number of methoxy groups -OCH3 is 2. The van der Waals surface area contributed by atoms with Crippen LogP contribution in [0.25, 0.3) is 0 Å². The molecule has 2 fully saturated rings. The average Bonchev–Trinajstić information content (AvgIpc) is 0.986. The summed E-state index contributed by atoms with van der Waals surface area (Å²) in [4.78, 5) is 185. The molecule has 2 aromatic carbocycles. The number of likely N-dealkylation sites (N-methyl/N-ethyl adjacent to an activating group) is 2. The van der Waals surface area contributed by atoms with Crippen molar-refractivity contribution in [2.75, 3.05) is 187 Å². The van der Waals surface area contributed by atoms with Crippen molar-refractivity contribution >= 4 is 77.1 Å². The number of hydrogen-bond acceptors (Lipinski definition) is 28. The Morgan fingerprint density at radius 3 is 1.53 bits per heavy atom. The lowest BCUT2D eigenvalue weighted by Gasteiger charge is -2.41. The molecule has 0 aromatic heterocycles. The number of nitrogens with one attached hydrogen (secondary N) is 7. The Bertz CT molecular complexity index is 3770. The summed E-state index contributed by atoms with van der Waals surface area (Å²) in [5.74, 6) is -9.70. The fourth-order valence-electron chi connectivity index (χ4n) is 15.7. The normalized spacial score (nSPS) is 16.5. The highest BCUT2D eigenvalue weighted by atomic mass is 16.6. The third-order valence-corrected chi connectivity index (χ3v) is 23.2. The van der Waals surface area contributed by atoms with Crippen LogP contribution in [0, 0.1) is 29.6 Å². The molecule has 2 aromatic rings. The largest absolute Gasteiger partial charge is 0.481 e. The van der Waals surface area contributed by atoms with Gasteiger partial charge in [-0.2, -0.15) is 0 Å². The van der Waals surface area contributed by atoms with Crippen molar-refractivity contribution in [3.8, 4) is 0 Å². The molecule has 0 radical (unpaired) electrons. The van der Waals surface area contributed by atoms with Gasteiger partial charge in [-0.25, -0.2) is 9.59 Å². The summed E-state index contributed by atoms with van der Waals surface area (Å²) in [5.41, 5.74) is 12.1. The number of aliphatic carboxylic acids is 1. The Morgan fingerprint density at radius 2 is 1.01 bits per heavy atom. The van der Waals surface area contributed by atoms with Gasteiger partial charge in [0.15, 0.2) is 0 Å². The van der Waals surface area contributed by atoms with E-state index >= 15 is 0 Å². The molecule has 14 atom stereocenters. The summed E-state index contributed by atoms with van der Waals surface area (Å²) >= 11 is 0. The van der Waals surface area contributed by atoms with Crippen molar-refractivity contribution in [3.63, 3.8) is 0 Å². The van der Waals surface area contributed by atoms with Crippen molar-refractivity contribution in [3.05, 3.63) is 71.8 Å². The zero-order valence-corrected chi connectivity index (χ0v) is 81.5. The lowest BCUT2D eigenvalue weighted by Crippen LogP contribution is -2.60. The van der Waals surface area contributed by atoms with Crippen LogP contribution in [0.15, 0.2) is 60.7 Å². The van der Waals surface area contributed by atoms with Gasteiger partial charge >= 0.3 is 18.0 Å². The summed E-state index contributed by atoms with van der Waals surface area (Å²) in [6.45, 7) is 24.2. The Morgan fingerprint density at radius 1 is 0.507 bits per heavy atom. The van der Waals surface area contributed by atoms with Crippen LogP contribution in [-0.4, -0.2) is 355 Å². The molecule has 0 aliphatic carbocycles. The van der Waals surface area contributed by atoms with E-state index in [1.807, 2.05) is 58.0 Å². The molecular weight excluding hydrogens is 1740 g/mol. The fourth-order valence-corrected chi connectivity index (χ4v) is 15.7. The van der Waals surface area contributed by atoms with Gasteiger partial charge in [0.25, 0.3) is 0 Å². The third kappa shape index (κ3) is 43.5. The average molecular weight is 1900 g/mol. The Hall–Kier alpha value is -9.17. The Kier molecular flexibility index (Phi) is 58.7. The van der Waals surface area contributed by atoms with Crippen molar-refractivity contribution in [2.24, 2.45) is 41.1 Å². The van der Waals surface area contributed by atoms with Crippen molar-refractivity contribution < 1.29 is 129 Å². The van der Waals surface area contributed by atoms with E-state index in [1.165, 1.54) is 31.1 Å². The van der Waals surface area contributed by atoms with Crippen LogP contribution in [0.1, 0.15) is 170 Å². The Labute approximate surface area is 790 Å². The van der Waals surface area contributed by atoms with E-state index in [9.17, 15) is 67.4 Å². The minimum atomic E-state index is -1.57. The smallest absolute Gasteiger partial charge is 0.410 e. The molecule has 760 valence electrons. The van der Waals surface area contributed by atoms with Gasteiger partial charge in [0, 0.05) is 86.8 Å². The molecule has 2 heterocycles.